The van der Waals surface area contributed by atoms with Gasteiger partial charge < -0.3 is 34.9 Å². The summed E-state index contributed by atoms with van der Waals surface area (Å²) in [5.74, 6) is -0.485. The van der Waals surface area contributed by atoms with Crippen molar-refractivity contribution in [2.75, 3.05) is 26.4 Å². The van der Waals surface area contributed by atoms with Gasteiger partial charge in [0, 0.05) is 26.7 Å². The molecule has 2 unspecified atom stereocenters. The minimum atomic E-state index is -1.23. The molecule has 0 aromatic carbocycles. The van der Waals surface area contributed by atoms with Gasteiger partial charge in [-0.05, 0) is 19.3 Å². The monoisotopic (exact) mass is 377 g/mol. The van der Waals surface area contributed by atoms with Gasteiger partial charge in [-0.3, -0.25) is 4.79 Å². The summed E-state index contributed by atoms with van der Waals surface area (Å²) in [6, 6.07) is -0.856. The van der Waals surface area contributed by atoms with Crippen molar-refractivity contribution in [3.63, 3.8) is 0 Å². The predicted octanol–water partition coefficient (Wildman–Crippen LogP) is 0.717. The number of carbonyl (C=O) groups excluding carboxylic acids is 1. The minimum Gasteiger partial charge on any atom is -0.463 e. The minimum absolute atomic E-state index is 0.155. The molecule has 1 rings (SSSR count). The van der Waals surface area contributed by atoms with Gasteiger partial charge in [0.25, 0.3) is 0 Å². The molecule has 1 fully saturated rings. The van der Waals surface area contributed by atoms with Crippen LogP contribution in [0.5, 0.6) is 0 Å². The van der Waals surface area contributed by atoms with E-state index < -0.39 is 36.6 Å². The summed E-state index contributed by atoms with van der Waals surface area (Å²) >= 11 is 0. The van der Waals surface area contributed by atoms with Crippen LogP contribution in [-0.2, 0) is 23.7 Å². The Labute approximate surface area is 155 Å². The third-order valence-corrected chi connectivity index (χ3v) is 4.31. The van der Waals surface area contributed by atoms with Gasteiger partial charge in [0.2, 0.25) is 0 Å². The Balaban J connectivity index is 2.18. The number of hydrogen-bond acceptors (Lipinski definition) is 8. The number of nitrogens with two attached hydrogens (primary N) is 1. The molecule has 0 aliphatic carbocycles. The maximum absolute atomic E-state index is 10.9. The fraction of sp³-hybridized carbons (Fsp3) is 0.944. The number of hydrogen-bond donors (Lipinski definition) is 3. The van der Waals surface area contributed by atoms with Crippen molar-refractivity contribution < 1.29 is 34.0 Å². The fourth-order valence-corrected chi connectivity index (χ4v) is 2.65. The van der Waals surface area contributed by atoms with Gasteiger partial charge in [-0.2, -0.15) is 0 Å². The topological polar surface area (TPSA) is 120 Å². The van der Waals surface area contributed by atoms with E-state index in [9.17, 15) is 15.0 Å². The third-order valence-electron chi connectivity index (χ3n) is 4.31. The van der Waals surface area contributed by atoms with Crippen LogP contribution in [0.3, 0.4) is 0 Å². The van der Waals surface area contributed by atoms with E-state index >= 15 is 0 Å². The van der Waals surface area contributed by atoms with Crippen LogP contribution < -0.4 is 5.73 Å². The molecule has 4 N–H and O–H groups in total. The molecule has 0 saturated carbocycles. The second-order valence-corrected chi connectivity index (χ2v) is 6.65. The first kappa shape index (κ1) is 23.3. The van der Waals surface area contributed by atoms with Gasteiger partial charge >= 0.3 is 5.97 Å². The average molecular weight is 377 g/mol. The molecular weight excluding hydrogens is 342 g/mol. The molecule has 0 radical (unpaired) electrons. The standard InChI is InChI=1S/C18H35NO7/c1-3-4-9-23-10-7-5-6-8-11-24-18-15(19)17(22)16(21)14(26-18)12-25-13(2)20/h14-18,21-22H,3-12,19H2,1-2H3/t14?,15-,16-,17?,18+/m0/s1. The molecule has 5 atom stereocenters. The Kier molecular flexibility index (Phi) is 12.0. The maximum atomic E-state index is 10.9. The second-order valence-electron chi connectivity index (χ2n) is 6.65. The second kappa shape index (κ2) is 13.4. The lowest BCUT2D eigenvalue weighted by molar-refractivity contribution is -0.267. The SMILES string of the molecule is CCCCOCCCCCCO[C@@H]1OC(COC(C)=O)[C@H](O)C(O)[C@@H]1N. The smallest absolute Gasteiger partial charge is 0.302 e. The van der Waals surface area contributed by atoms with E-state index in [4.69, 9.17) is 24.7 Å². The molecule has 1 aliphatic rings. The Morgan fingerprint density at radius 1 is 1.04 bits per heavy atom. The highest BCUT2D eigenvalue weighted by atomic mass is 16.7. The quantitative estimate of drug-likeness (QED) is 0.317. The van der Waals surface area contributed by atoms with Gasteiger partial charge in [-0.1, -0.05) is 26.2 Å². The molecule has 26 heavy (non-hydrogen) atoms. The van der Waals surface area contributed by atoms with Crippen LogP contribution >= 0.6 is 0 Å². The van der Waals surface area contributed by atoms with Crippen molar-refractivity contribution in [2.24, 2.45) is 5.73 Å². The Morgan fingerprint density at radius 3 is 2.35 bits per heavy atom. The Bertz CT molecular complexity index is 383. The summed E-state index contributed by atoms with van der Waals surface area (Å²) in [5.41, 5.74) is 5.87. The number of aliphatic hydroxyl groups excluding tert-OH is 2. The largest absolute Gasteiger partial charge is 0.463 e. The Hall–Kier alpha value is -0.770. The maximum Gasteiger partial charge on any atom is 0.302 e. The number of rotatable bonds is 13. The van der Waals surface area contributed by atoms with Crippen LogP contribution in [0.4, 0.5) is 0 Å². The van der Waals surface area contributed by atoms with E-state index in [1.54, 1.807) is 0 Å². The molecule has 8 nitrogen and oxygen atoms in total. The third kappa shape index (κ3) is 8.75. The summed E-state index contributed by atoms with van der Waals surface area (Å²) in [6.07, 6.45) is 2.06. The molecule has 1 saturated heterocycles. The van der Waals surface area contributed by atoms with E-state index in [1.165, 1.54) is 6.92 Å². The van der Waals surface area contributed by atoms with Crippen LogP contribution in [-0.4, -0.2) is 73.3 Å². The van der Waals surface area contributed by atoms with Crippen LogP contribution in [0, 0.1) is 0 Å². The zero-order valence-corrected chi connectivity index (χ0v) is 16.0. The van der Waals surface area contributed by atoms with Gasteiger partial charge in [0.05, 0.1) is 6.04 Å². The van der Waals surface area contributed by atoms with E-state index in [0.29, 0.717) is 6.61 Å². The summed E-state index contributed by atoms with van der Waals surface area (Å²) in [6.45, 7) is 5.32. The van der Waals surface area contributed by atoms with Gasteiger partial charge in [0.15, 0.2) is 6.29 Å². The normalized spacial score (nSPS) is 28.9. The van der Waals surface area contributed by atoms with Crippen LogP contribution in [0.1, 0.15) is 52.4 Å². The fourth-order valence-electron chi connectivity index (χ4n) is 2.65. The van der Waals surface area contributed by atoms with Crippen LogP contribution in [0.15, 0.2) is 0 Å². The molecule has 0 bridgehead atoms. The highest BCUT2D eigenvalue weighted by Gasteiger charge is 2.43. The van der Waals surface area contributed by atoms with Crippen molar-refractivity contribution in [1.29, 1.82) is 0 Å². The molecule has 8 heteroatoms. The van der Waals surface area contributed by atoms with E-state index in [1.807, 2.05) is 0 Å². The predicted molar refractivity (Wildman–Crippen MR) is 95.4 cm³/mol. The zero-order chi connectivity index (χ0) is 19.4. The molecule has 0 spiro atoms. The lowest BCUT2D eigenvalue weighted by atomic mass is 9.98. The first-order valence-electron chi connectivity index (χ1n) is 9.57. The van der Waals surface area contributed by atoms with Crippen molar-refractivity contribution in [2.45, 2.75) is 83.0 Å². The number of aliphatic hydroxyl groups is 2. The number of carbonyl (C=O) groups is 1. The molecule has 154 valence electrons. The van der Waals surface area contributed by atoms with Crippen molar-refractivity contribution in [3.05, 3.63) is 0 Å². The van der Waals surface area contributed by atoms with E-state index in [-0.39, 0.29) is 6.61 Å². The van der Waals surface area contributed by atoms with Gasteiger partial charge in [-0.25, -0.2) is 0 Å². The van der Waals surface area contributed by atoms with Crippen LogP contribution in [0.2, 0.25) is 0 Å². The molecular formula is C18H35NO7. The molecule has 1 aliphatic heterocycles. The molecule has 0 aromatic rings. The highest BCUT2D eigenvalue weighted by molar-refractivity contribution is 5.65. The molecule has 1 heterocycles. The number of esters is 1. The van der Waals surface area contributed by atoms with Crippen LogP contribution in [0.25, 0.3) is 0 Å². The Morgan fingerprint density at radius 2 is 1.69 bits per heavy atom. The molecule has 0 aromatic heterocycles. The summed E-state index contributed by atoms with van der Waals surface area (Å²) in [7, 11) is 0. The first-order chi connectivity index (χ1) is 12.5. The first-order valence-corrected chi connectivity index (χ1v) is 9.57. The zero-order valence-electron chi connectivity index (χ0n) is 16.0. The summed E-state index contributed by atoms with van der Waals surface area (Å²) in [4.78, 5) is 10.9. The van der Waals surface area contributed by atoms with E-state index in [2.05, 4.69) is 6.92 Å². The summed E-state index contributed by atoms with van der Waals surface area (Å²) < 4.78 is 21.5. The van der Waals surface area contributed by atoms with Crippen molar-refractivity contribution in [1.82, 2.24) is 0 Å². The number of ether oxygens (including phenoxy) is 4. The van der Waals surface area contributed by atoms with Crippen molar-refractivity contribution >= 4 is 5.97 Å². The molecule has 0 amide bonds. The lowest BCUT2D eigenvalue weighted by Crippen LogP contribution is -2.62. The van der Waals surface area contributed by atoms with Crippen molar-refractivity contribution in [3.8, 4) is 0 Å². The highest BCUT2D eigenvalue weighted by Crippen LogP contribution is 2.21. The van der Waals surface area contributed by atoms with E-state index in [0.717, 1.165) is 51.7 Å². The van der Waals surface area contributed by atoms with Gasteiger partial charge in [-0.15, -0.1) is 0 Å². The number of unbranched alkanes of at least 4 members (excludes halogenated alkanes) is 4. The summed E-state index contributed by atoms with van der Waals surface area (Å²) in [5, 5.41) is 20.0. The lowest BCUT2D eigenvalue weighted by Gasteiger charge is -2.40. The average Bonchev–Trinajstić information content (AvgIpc) is 2.62. The van der Waals surface area contributed by atoms with Gasteiger partial charge in [0.1, 0.15) is 24.9 Å².